The SMILES string of the molecule is C/C=C(F)\C=C/CCC(C)(C)CN(C)CC1CCC(N(C)C(C)=O)CC1. The van der Waals surface area contributed by atoms with E-state index in [-0.39, 0.29) is 17.1 Å². The summed E-state index contributed by atoms with van der Waals surface area (Å²) < 4.78 is 13.1. The van der Waals surface area contributed by atoms with Gasteiger partial charge in [-0.3, -0.25) is 4.79 Å². The van der Waals surface area contributed by atoms with Crippen LogP contribution in [-0.4, -0.2) is 48.9 Å². The fraction of sp³-hybridized carbons (Fsp3) is 0.773. The molecule has 1 amide bonds. The number of amides is 1. The molecule has 4 heteroatoms. The standard InChI is InChI=1S/C22H39FN2O/c1-7-20(23)10-8-9-15-22(3,4)17-24(5)16-19-11-13-21(14-12-19)25(6)18(2)26/h7-8,10,19,21H,9,11-17H2,1-6H3/b10-8-,20-7+. The molecule has 0 bridgehead atoms. The summed E-state index contributed by atoms with van der Waals surface area (Å²) in [4.78, 5) is 15.9. The van der Waals surface area contributed by atoms with E-state index in [1.165, 1.54) is 18.9 Å². The van der Waals surface area contributed by atoms with Crippen LogP contribution < -0.4 is 0 Å². The zero-order valence-electron chi connectivity index (χ0n) is 17.7. The van der Waals surface area contributed by atoms with Gasteiger partial charge < -0.3 is 9.80 Å². The maximum absolute atomic E-state index is 13.1. The van der Waals surface area contributed by atoms with Crippen molar-refractivity contribution in [1.29, 1.82) is 0 Å². The third-order valence-corrected chi connectivity index (χ3v) is 5.67. The van der Waals surface area contributed by atoms with Crippen LogP contribution >= 0.6 is 0 Å². The first kappa shape index (κ1) is 22.9. The number of hydrogen-bond acceptors (Lipinski definition) is 2. The fourth-order valence-electron chi connectivity index (χ4n) is 4.05. The van der Waals surface area contributed by atoms with Crippen molar-refractivity contribution in [2.45, 2.75) is 72.3 Å². The first-order chi connectivity index (χ1) is 12.1. The Bertz CT molecular complexity index is 490. The molecule has 0 radical (unpaired) electrons. The smallest absolute Gasteiger partial charge is 0.219 e. The Labute approximate surface area is 160 Å². The number of allylic oxidation sites excluding steroid dienone is 4. The third-order valence-electron chi connectivity index (χ3n) is 5.67. The van der Waals surface area contributed by atoms with Crippen LogP contribution in [0.25, 0.3) is 0 Å². The lowest BCUT2D eigenvalue weighted by molar-refractivity contribution is -0.130. The summed E-state index contributed by atoms with van der Waals surface area (Å²) >= 11 is 0. The van der Waals surface area contributed by atoms with Crippen molar-refractivity contribution in [3.63, 3.8) is 0 Å². The van der Waals surface area contributed by atoms with Gasteiger partial charge in [0.1, 0.15) is 5.83 Å². The Morgan fingerprint density at radius 3 is 2.35 bits per heavy atom. The lowest BCUT2D eigenvalue weighted by Crippen LogP contribution is -2.40. The second-order valence-electron chi connectivity index (χ2n) is 8.78. The Morgan fingerprint density at radius 1 is 1.19 bits per heavy atom. The number of hydrogen-bond donors (Lipinski definition) is 0. The lowest BCUT2D eigenvalue weighted by atomic mass is 9.83. The van der Waals surface area contributed by atoms with Crippen molar-refractivity contribution in [2.75, 3.05) is 27.2 Å². The zero-order valence-corrected chi connectivity index (χ0v) is 17.7. The second kappa shape index (κ2) is 10.9. The van der Waals surface area contributed by atoms with Crippen LogP contribution in [0, 0.1) is 11.3 Å². The van der Waals surface area contributed by atoms with Crippen LogP contribution in [-0.2, 0) is 4.79 Å². The predicted molar refractivity (Wildman–Crippen MR) is 109 cm³/mol. The van der Waals surface area contributed by atoms with Gasteiger partial charge in [0.05, 0.1) is 0 Å². The molecular formula is C22H39FN2O. The maximum atomic E-state index is 13.1. The predicted octanol–water partition coefficient (Wildman–Crippen LogP) is 5.19. The van der Waals surface area contributed by atoms with Crippen molar-refractivity contribution in [3.8, 4) is 0 Å². The molecule has 0 saturated heterocycles. The summed E-state index contributed by atoms with van der Waals surface area (Å²) in [5, 5.41) is 0. The minimum Gasteiger partial charge on any atom is -0.343 e. The monoisotopic (exact) mass is 366 g/mol. The molecule has 0 aromatic heterocycles. The molecule has 0 unspecified atom stereocenters. The number of rotatable bonds is 9. The molecule has 150 valence electrons. The van der Waals surface area contributed by atoms with E-state index in [9.17, 15) is 9.18 Å². The molecule has 0 N–H and O–H groups in total. The van der Waals surface area contributed by atoms with E-state index < -0.39 is 0 Å². The highest BCUT2D eigenvalue weighted by Crippen LogP contribution is 2.29. The van der Waals surface area contributed by atoms with Crippen molar-refractivity contribution in [3.05, 3.63) is 24.1 Å². The topological polar surface area (TPSA) is 23.6 Å². The average molecular weight is 367 g/mol. The van der Waals surface area contributed by atoms with E-state index in [4.69, 9.17) is 0 Å². The lowest BCUT2D eigenvalue weighted by Gasteiger charge is -2.37. The Kier molecular flexibility index (Phi) is 9.56. The van der Waals surface area contributed by atoms with Crippen LogP contribution in [0.2, 0.25) is 0 Å². The summed E-state index contributed by atoms with van der Waals surface area (Å²) in [6.45, 7) is 10.1. The van der Waals surface area contributed by atoms with E-state index in [0.717, 1.165) is 44.7 Å². The second-order valence-corrected chi connectivity index (χ2v) is 8.78. The largest absolute Gasteiger partial charge is 0.343 e. The third kappa shape index (κ3) is 8.48. The van der Waals surface area contributed by atoms with Gasteiger partial charge in [-0.05, 0) is 69.9 Å². The summed E-state index contributed by atoms with van der Waals surface area (Å²) in [6.07, 6.45) is 11.6. The minimum absolute atomic E-state index is 0.161. The molecule has 1 rings (SSSR count). The molecule has 1 aliphatic carbocycles. The number of carbonyl (C=O) groups is 1. The van der Waals surface area contributed by atoms with Crippen molar-refractivity contribution in [2.24, 2.45) is 11.3 Å². The van der Waals surface area contributed by atoms with Gasteiger partial charge in [0, 0.05) is 33.1 Å². The van der Waals surface area contributed by atoms with E-state index in [0.29, 0.717) is 6.04 Å². The average Bonchev–Trinajstić information content (AvgIpc) is 2.57. The molecule has 0 aromatic carbocycles. The van der Waals surface area contributed by atoms with Crippen molar-refractivity contribution in [1.82, 2.24) is 9.80 Å². The highest BCUT2D eigenvalue weighted by atomic mass is 19.1. The molecule has 0 atom stereocenters. The normalized spacial score (nSPS) is 22.2. The summed E-state index contributed by atoms with van der Waals surface area (Å²) in [7, 11) is 4.14. The first-order valence-electron chi connectivity index (χ1n) is 10.0. The highest BCUT2D eigenvalue weighted by Gasteiger charge is 2.27. The van der Waals surface area contributed by atoms with E-state index in [1.54, 1.807) is 19.9 Å². The summed E-state index contributed by atoms with van der Waals surface area (Å²) in [5.41, 5.74) is 0.220. The summed E-state index contributed by atoms with van der Waals surface area (Å²) in [5.74, 6) is 0.748. The number of halogens is 1. The molecular weight excluding hydrogens is 327 g/mol. The van der Waals surface area contributed by atoms with Gasteiger partial charge in [0.2, 0.25) is 5.91 Å². The van der Waals surface area contributed by atoms with Crippen LogP contribution in [0.4, 0.5) is 4.39 Å². The number of carbonyl (C=O) groups excluding carboxylic acids is 1. The van der Waals surface area contributed by atoms with Crippen molar-refractivity contribution < 1.29 is 9.18 Å². The van der Waals surface area contributed by atoms with Crippen molar-refractivity contribution >= 4 is 5.91 Å². The van der Waals surface area contributed by atoms with Crippen LogP contribution in [0.3, 0.4) is 0 Å². The van der Waals surface area contributed by atoms with Crippen LogP contribution in [0.1, 0.15) is 66.2 Å². The molecule has 0 spiro atoms. The Balaban J connectivity index is 2.33. The van der Waals surface area contributed by atoms with Crippen LogP contribution in [0.15, 0.2) is 24.1 Å². The maximum Gasteiger partial charge on any atom is 0.219 e. The summed E-state index contributed by atoms with van der Waals surface area (Å²) in [6, 6.07) is 0.426. The van der Waals surface area contributed by atoms with E-state index >= 15 is 0 Å². The van der Waals surface area contributed by atoms with Gasteiger partial charge in [-0.15, -0.1) is 0 Å². The van der Waals surface area contributed by atoms with E-state index in [2.05, 4.69) is 25.8 Å². The van der Waals surface area contributed by atoms with E-state index in [1.807, 2.05) is 18.0 Å². The first-order valence-corrected chi connectivity index (χ1v) is 10.0. The van der Waals surface area contributed by atoms with Gasteiger partial charge in [0.15, 0.2) is 0 Å². The molecule has 26 heavy (non-hydrogen) atoms. The Hall–Kier alpha value is -1.16. The quantitative estimate of drug-likeness (QED) is 0.524. The fourth-order valence-corrected chi connectivity index (χ4v) is 4.05. The molecule has 1 aliphatic rings. The van der Waals surface area contributed by atoms with Gasteiger partial charge in [-0.25, -0.2) is 4.39 Å². The highest BCUT2D eigenvalue weighted by molar-refractivity contribution is 5.73. The Morgan fingerprint density at radius 2 is 1.81 bits per heavy atom. The number of nitrogens with zero attached hydrogens (tertiary/aromatic N) is 2. The molecule has 1 fully saturated rings. The molecule has 0 aromatic rings. The molecule has 0 aliphatic heterocycles. The van der Waals surface area contributed by atoms with Gasteiger partial charge in [-0.1, -0.05) is 26.0 Å². The molecule has 1 saturated carbocycles. The van der Waals surface area contributed by atoms with Gasteiger partial charge >= 0.3 is 0 Å². The molecule has 0 heterocycles. The molecule has 3 nitrogen and oxygen atoms in total. The van der Waals surface area contributed by atoms with Gasteiger partial charge in [-0.2, -0.15) is 0 Å². The van der Waals surface area contributed by atoms with Gasteiger partial charge in [0.25, 0.3) is 0 Å². The van der Waals surface area contributed by atoms with Crippen LogP contribution in [0.5, 0.6) is 0 Å². The zero-order chi connectivity index (χ0) is 19.7. The minimum atomic E-state index is -0.161.